The first kappa shape index (κ1) is 8.59. The number of ether oxygens (including phenoxy) is 1. The lowest BCUT2D eigenvalue weighted by Crippen LogP contribution is -1.82. The van der Waals surface area contributed by atoms with E-state index >= 15 is 0 Å². The van der Waals surface area contributed by atoms with Crippen LogP contribution in [-0.2, 0) is 11.3 Å². The molecule has 0 N–H and O–H groups in total. The van der Waals surface area contributed by atoms with Crippen LogP contribution in [0.2, 0.25) is 0 Å². The Morgan fingerprint density at radius 3 is 3.00 bits per heavy atom. The third kappa shape index (κ3) is 2.58. The zero-order chi connectivity index (χ0) is 5.82. The van der Waals surface area contributed by atoms with Crippen LogP contribution in [0, 0.1) is 0 Å². The first-order valence-corrected chi connectivity index (χ1v) is 3.19. The Morgan fingerprint density at radius 1 is 1.78 bits per heavy atom. The number of thiazole rings is 1. The Kier molecular flexibility index (Phi) is 4.26. The average Bonchev–Trinajstić information content (AvgIpc) is 2.19. The van der Waals surface area contributed by atoms with Crippen molar-refractivity contribution in [2.45, 2.75) is 14.0 Å². The van der Waals surface area contributed by atoms with E-state index in [-0.39, 0.29) is 7.43 Å². The van der Waals surface area contributed by atoms with Gasteiger partial charge in [-0.1, -0.05) is 7.43 Å². The summed E-state index contributed by atoms with van der Waals surface area (Å²) in [6.45, 7) is 0.637. The predicted molar refractivity (Wildman–Crippen MR) is 39.6 cm³/mol. The normalized spacial score (nSPS) is 8.56. The van der Waals surface area contributed by atoms with Crippen LogP contribution < -0.4 is 0 Å². The molecule has 52 valence electrons. The molecule has 0 atom stereocenters. The van der Waals surface area contributed by atoms with E-state index in [0.29, 0.717) is 6.61 Å². The highest BCUT2D eigenvalue weighted by atomic mass is 32.1. The van der Waals surface area contributed by atoms with Crippen molar-refractivity contribution >= 4 is 11.3 Å². The van der Waals surface area contributed by atoms with Crippen molar-refractivity contribution in [1.82, 2.24) is 4.98 Å². The van der Waals surface area contributed by atoms with Gasteiger partial charge in [-0.3, -0.25) is 0 Å². The Bertz CT molecular complexity index is 139. The topological polar surface area (TPSA) is 22.1 Å². The maximum atomic E-state index is 4.83. The van der Waals surface area contributed by atoms with Crippen LogP contribution in [-0.4, -0.2) is 12.1 Å². The van der Waals surface area contributed by atoms with E-state index in [2.05, 4.69) is 4.98 Å². The smallest absolute Gasteiger partial charge is 0.118 e. The molecule has 0 aliphatic carbocycles. The van der Waals surface area contributed by atoms with E-state index in [0.717, 1.165) is 5.01 Å². The molecule has 0 spiro atoms. The summed E-state index contributed by atoms with van der Waals surface area (Å²) in [4.78, 5) is 4.00. The van der Waals surface area contributed by atoms with Gasteiger partial charge >= 0.3 is 0 Å². The largest absolute Gasteiger partial charge is 0.378 e. The molecule has 1 rings (SSSR count). The summed E-state index contributed by atoms with van der Waals surface area (Å²) in [5, 5.41) is 2.97. The van der Waals surface area contributed by atoms with Gasteiger partial charge in [0.15, 0.2) is 0 Å². The summed E-state index contributed by atoms with van der Waals surface area (Å²) < 4.78 is 4.83. The molecule has 1 heterocycles. The molecule has 3 heteroatoms. The Balaban J connectivity index is 0.000000640. The van der Waals surface area contributed by atoms with Crippen molar-refractivity contribution in [2.75, 3.05) is 7.11 Å². The van der Waals surface area contributed by atoms with Gasteiger partial charge in [0, 0.05) is 18.7 Å². The SMILES string of the molecule is C.COCc1nccs1. The van der Waals surface area contributed by atoms with Gasteiger partial charge in [0.25, 0.3) is 0 Å². The van der Waals surface area contributed by atoms with Gasteiger partial charge in [0.1, 0.15) is 5.01 Å². The summed E-state index contributed by atoms with van der Waals surface area (Å²) in [6, 6.07) is 0. The van der Waals surface area contributed by atoms with Gasteiger partial charge in [-0.25, -0.2) is 4.98 Å². The summed E-state index contributed by atoms with van der Waals surface area (Å²) in [7, 11) is 1.67. The summed E-state index contributed by atoms with van der Waals surface area (Å²) in [5.41, 5.74) is 0. The highest BCUT2D eigenvalue weighted by Crippen LogP contribution is 2.03. The van der Waals surface area contributed by atoms with Crippen LogP contribution in [0.15, 0.2) is 11.6 Å². The molecule has 1 aromatic rings. The molecule has 0 saturated carbocycles. The van der Waals surface area contributed by atoms with Crippen molar-refractivity contribution in [2.24, 2.45) is 0 Å². The molecule has 0 aromatic carbocycles. The van der Waals surface area contributed by atoms with Gasteiger partial charge < -0.3 is 4.74 Å². The van der Waals surface area contributed by atoms with E-state index < -0.39 is 0 Å². The lowest BCUT2D eigenvalue weighted by atomic mass is 10.7. The van der Waals surface area contributed by atoms with E-state index in [1.54, 1.807) is 24.6 Å². The number of hydrogen-bond acceptors (Lipinski definition) is 3. The average molecular weight is 145 g/mol. The van der Waals surface area contributed by atoms with Gasteiger partial charge in [-0.2, -0.15) is 0 Å². The fraction of sp³-hybridized carbons (Fsp3) is 0.500. The fourth-order valence-corrected chi connectivity index (χ4v) is 1.03. The van der Waals surface area contributed by atoms with Gasteiger partial charge in [-0.05, 0) is 0 Å². The van der Waals surface area contributed by atoms with E-state index in [9.17, 15) is 0 Å². The molecule has 0 aliphatic rings. The van der Waals surface area contributed by atoms with Crippen LogP contribution in [0.3, 0.4) is 0 Å². The van der Waals surface area contributed by atoms with Crippen LogP contribution in [0.25, 0.3) is 0 Å². The first-order chi connectivity index (χ1) is 3.93. The van der Waals surface area contributed by atoms with E-state index in [1.165, 1.54) is 0 Å². The highest BCUT2D eigenvalue weighted by molar-refractivity contribution is 7.09. The minimum Gasteiger partial charge on any atom is -0.378 e. The molecular weight excluding hydrogens is 134 g/mol. The van der Waals surface area contributed by atoms with Crippen molar-refractivity contribution in [3.05, 3.63) is 16.6 Å². The number of rotatable bonds is 2. The molecule has 9 heavy (non-hydrogen) atoms. The minimum atomic E-state index is 0. The molecule has 0 aliphatic heterocycles. The van der Waals surface area contributed by atoms with Crippen molar-refractivity contribution in [1.29, 1.82) is 0 Å². The molecule has 0 amide bonds. The third-order valence-electron chi connectivity index (χ3n) is 0.751. The standard InChI is InChI=1S/C5H7NOS.CH4/c1-7-4-5-6-2-3-8-5;/h2-3H,4H2,1H3;1H4. The Morgan fingerprint density at radius 2 is 2.56 bits per heavy atom. The van der Waals surface area contributed by atoms with Crippen LogP contribution in [0.1, 0.15) is 12.4 Å². The summed E-state index contributed by atoms with van der Waals surface area (Å²) in [6.07, 6.45) is 1.78. The number of hydrogen-bond donors (Lipinski definition) is 0. The number of aromatic nitrogens is 1. The monoisotopic (exact) mass is 145 g/mol. The van der Waals surface area contributed by atoms with Crippen molar-refractivity contribution in [3.8, 4) is 0 Å². The van der Waals surface area contributed by atoms with Gasteiger partial charge in [-0.15, -0.1) is 11.3 Å². The summed E-state index contributed by atoms with van der Waals surface area (Å²) in [5.74, 6) is 0. The van der Waals surface area contributed by atoms with E-state index in [1.807, 2.05) is 5.38 Å². The Hall–Kier alpha value is -0.410. The Labute approximate surface area is 59.5 Å². The lowest BCUT2D eigenvalue weighted by molar-refractivity contribution is 0.184. The maximum absolute atomic E-state index is 4.83. The maximum Gasteiger partial charge on any atom is 0.118 e. The van der Waals surface area contributed by atoms with Crippen molar-refractivity contribution in [3.63, 3.8) is 0 Å². The zero-order valence-corrected chi connectivity index (χ0v) is 5.44. The molecule has 0 fully saturated rings. The molecule has 0 saturated heterocycles. The van der Waals surface area contributed by atoms with E-state index in [4.69, 9.17) is 4.74 Å². The second kappa shape index (κ2) is 4.47. The predicted octanol–water partition coefficient (Wildman–Crippen LogP) is 1.93. The zero-order valence-electron chi connectivity index (χ0n) is 4.63. The molecule has 1 aromatic heterocycles. The summed E-state index contributed by atoms with van der Waals surface area (Å²) >= 11 is 1.61. The molecule has 2 nitrogen and oxygen atoms in total. The second-order valence-electron chi connectivity index (χ2n) is 1.36. The molecular formula is C6H11NOS. The second-order valence-corrected chi connectivity index (χ2v) is 2.34. The van der Waals surface area contributed by atoms with Crippen molar-refractivity contribution < 1.29 is 4.74 Å². The lowest BCUT2D eigenvalue weighted by Gasteiger charge is -1.87. The molecule has 0 unspecified atom stereocenters. The quantitative estimate of drug-likeness (QED) is 0.634. The molecule has 0 bridgehead atoms. The minimum absolute atomic E-state index is 0. The molecule has 0 radical (unpaired) electrons. The van der Waals surface area contributed by atoms with Crippen LogP contribution >= 0.6 is 11.3 Å². The van der Waals surface area contributed by atoms with Gasteiger partial charge in [0.05, 0.1) is 6.61 Å². The van der Waals surface area contributed by atoms with Crippen LogP contribution in [0.5, 0.6) is 0 Å². The number of methoxy groups -OCH3 is 1. The fourth-order valence-electron chi connectivity index (χ4n) is 0.448. The number of nitrogens with zero attached hydrogens (tertiary/aromatic N) is 1. The first-order valence-electron chi connectivity index (χ1n) is 2.31. The van der Waals surface area contributed by atoms with Crippen LogP contribution in [0.4, 0.5) is 0 Å². The highest BCUT2D eigenvalue weighted by Gasteiger charge is 1.89. The van der Waals surface area contributed by atoms with Gasteiger partial charge in [0.2, 0.25) is 0 Å². The third-order valence-corrected chi connectivity index (χ3v) is 1.50.